The molecule has 116 valence electrons. The Hall–Kier alpha value is -1.92. The third-order valence-electron chi connectivity index (χ3n) is 3.02. The minimum absolute atomic E-state index is 0.192. The SMILES string of the molecule is C=CCCOC(C)C(=O)Nc1ccccc1-n1cc(Br)cn1. The van der Waals surface area contributed by atoms with E-state index in [-0.39, 0.29) is 5.91 Å². The van der Waals surface area contributed by atoms with Gasteiger partial charge in [-0.2, -0.15) is 5.10 Å². The van der Waals surface area contributed by atoms with E-state index in [0.717, 1.165) is 16.6 Å². The molecule has 0 aliphatic rings. The fourth-order valence-electron chi connectivity index (χ4n) is 1.85. The molecule has 0 aliphatic carbocycles. The van der Waals surface area contributed by atoms with E-state index >= 15 is 0 Å². The van der Waals surface area contributed by atoms with Crippen LogP contribution in [0.25, 0.3) is 5.69 Å². The lowest BCUT2D eigenvalue weighted by Gasteiger charge is -2.15. The van der Waals surface area contributed by atoms with Crippen LogP contribution in [-0.2, 0) is 9.53 Å². The molecule has 0 bridgehead atoms. The smallest absolute Gasteiger partial charge is 0.253 e. The van der Waals surface area contributed by atoms with Crippen LogP contribution in [0.2, 0.25) is 0 Å². The van der Waals surface area contributed by atoms with Gasteiger partial charge in [0.25, 0.3) is 5.91 Å². The van der Waals surface area contributed by atoms with Crippen LogP contribution in [0.5, 0.6) is 0 Å². The second-order valence-electron chi connectivity index (χ2n) is 4.70. The van der Waals surface area contributed by atoms with Gasteiger partial charge in [-0.25, -0.2) is 4.68 Å². The van der Waals surface area contributed by atoms with E-state index in [2.05, 4.69) is 32.9 Å². The number of rotatable bonds is 7. The molecule has 0 fully saturated rings. The van der Waals surface area contributed by atoms with Gasteiger partial charge in [0, 0.05) is 6.20 Å². The molecule has 1 heterocycles. The molecule has 6 heteroatoms. The molecule has 22 heavy (non-hydrogen) atoms. The van der Waals surface area contributed by atoms with Crippen molar-refractivity contribution in [3.63, 3.8) is 0 Å². The van der Waals surface area contributed by atoms with Gasteiger partial charge in [-0.15, -0.1) is 6.58 Å². The summed E-state index contributed by atoms with van der Waals surface area (Å²) >= 11 is 3.36. The van der Waals surface area contributed by atoms with Gasteiger partial charge in [0.1, 0.15) is 6.10 Å². The van der Waals surface area contributed by atoms with Gasteiger partial charge in [0.2, 0.25) is 0 Å². The maximum atomic E-state index is 12.2. The van der Waals surface area contributed by atoms with E-state index in [1.165, 1.54) is 0 Å². The van der Waals surface area contributed by atoms with Crippen LogP contribution in [0.1, 0.15) is 13.3 Å². The first-order chi connectivity index (χ1) is 10.6. The predicted octanol–water partition coefficient (Wildman–Crippen LogP) is 3.55. The highest BCUT2D eigenvalue weighted by atomic mass is 79.9. The first-order valence-electron chi connectivity index (χ1n) is 6.94. The van der Waals surface area contributed by atoms with Gasteiger partial charge in [-0.1, -0.05) is 18.2 Å². The molecule has 1 amide bonds. The van der Waals surface area contributed by atoms with Crippen LogP contribution in [0.3, 0.4) is 0 Å². The normalized spacial score (nSPS) is 11.9. The van der Waals surface area contributed by atoms with E-state index in [4.69, 9.17) is 4.74 Å². The molecule has 0 saturated heterocycles. The van der Waals surface area contributed by atoms with Crippen molar-refractivity contribution in [2.75, 3.05) is 11.9 Å². The zero-order valence-corrected chi connectivity index (χ0v) is 13.9. The molecule has 5 nitrogen and oxygen atoms in total. The van der Waals surface area contributed by atoms with E-state index < -0.39 is 6.10 Å². The first kappa shape index (κ1) is 16.5. The molecule has 0 aliphatic heterocycles. The fourth-order valence-corrected chi connectivity index (χ4v) is 2.14. The lowest BCUT2D eigenvalue weighted by Crippen LogP contribution is -2.28. The number of nitrogens with zero attached hydrogens (tertiary/aromatic N) is 2. The molecule has 0 saturated carbocycles. The number of halogens is 1. The number of para-hydroxylation sites is 2. The second kappa shape index (κ2) is 7.91. The number of anilines is 1. The van der Waals surface area contributed by atoms with Gasteiger partial charge >= 0.3 is 0 Å². The molecule has 1 aromatic heterocycles. The van der Waals surface area contributed by atoms with Gasteiger partial charge in [0.05, 0.1) is 28.7 Å². The van der Waals surface area contributed by atoms with Crippen LogP contribution in [0.15, 0.2) is 53.8 Å². The third-order valence-corrected chi connectivity index (χ3v) is 3.43. The van der Waals surface area contributed by atoms with Crippen molar-refractivity contribution in [2.45, 2.75) is 19.4 Å². The summed E-state index contributed by atoms with van der Waals surface area (Å²) in [4.78, 5) is 12.2. The number of nitrogens with one attached hydrogen (secondary N) is 1. The van der Waals surface area contributed by atoms with Crippen LogP contribution in [-0.4, -0.2) is 28.4 Å². The number of carbonyl (C=O) groups is 1. The molecule has 1 aromatic carbocycles. The van der Waals surface area contributed by atoms with E-state index in [0.29, 0.717) is 12.3 Å². The molecule has 1 N–H and O–H groups in total. The Balaban J connectivity index is 2.09. The van der Waals surface area contributed by atoms with Gasteiger partial charge < -0.3 is 10.1 Å². The average Bonchev–Trinajstić information content (AvgIpc) is 2.94. The number of hydrogen-bond donors (Lipinski definition) is 1. The van der Waals surface area contributed by atoms with Gasteiger partial charge in [-0.05, 0) is 41.4 Å². The van der Waals surface area contributed by atoms with Crippen LogP contribution in [0.4, 0.5) is 5.69 Å². The van der Waals surface area contributed by atoms with Crippen molar-refractivity contribution in [3.8, 4) is 5.69 Å². The van der Waals surface area contributed by atoms with Gasteiger partial charge in [0.15, 0.2) is 0 Å². The topological polar surface area (TPSA) is 56.1 Å². The second-order valence-corrected chi connectivity index (χ2v) is 5.62. The molecule has 2 rings (SSSR count). The maximum absolute atomic E-state index is 12.2. The zero-order valence-electron chi connectivity index (χ0n) is 12.3. The lowest BCUT2D eigenvalue weighted by atomic mass is 10.2. The summed E-state index contributed by atoms with van der Waals surface area (Å²) in [6.45, 7) is 5.83. The summed E-state index contributed by atoms with van der Waals surface area (Å²) in [6, 6.07) is 7.48. The Morgan fingerprint density at radius 3 is 3.00 bits per heavy atom. The van der Waals surface area contributed by atoms with Crippen molar-refractivity contribution >= 4 is 27.5 Å². The summed E-state index contributed by atoms with van der Waals surface area (Å²) in [7, 11) is 0. The standard InChI is InChI=1S/C16H18BrN3O2/c1-3-4-9-22-12(2)16(21)19-14-7-5-6-8-15(14)20-11-13(17)10-18-20/h3,5-8,10-12H,1,4,9H2,2H3,(H,19,21). The maximum Gasteiger partial charge on any atom is 0.253 e. The molecule has 1 unspecified atom stereocenters. The largest absolute Gasteiger partial charge is 0.368 e. The highest BCUT2D eigenvalue weighted by molar-refractivity contribution is 9.10. The number of aromatic nitrogens is 2. The molecule has 2 aromatic rings. The van der Waals surface area contributed by atoms with Crippen LogP contribution < -0.4 is 5.32 Å². The number of ether oxygens (including phenoxy) is 1. The molecular weight excluding hydrogens is 346 g/mol. The third kappa shape index (κ3) is 4.29. The molecule has 0 radical (unpaired) electrons. The molecule has 0 spiro atoms. The summed E-state index contributed by atoms with van der Waals surface area (Å²) in [5.41, 5.74) is 1.47. The Bertz CT molecular complexity index is 654. The van der Waals surface area contributed by atoms with Crippen molar-refractivity contribution < 1.29 is 9.53 Å². The van der Waals surface area contributed by atoms with Crippen molar-refractivity contribution in [2.24, 2.45) is 0 Å². The van der Waals surface area contributed by atoms with Crippen LogP contribution >= 0.6 is 15.9 Å². The Morgan fingerprint density at radius 2 is 2.32 bits per heavy atom. The van der Waals surface area contributed by atoms with Crippen molar-refractivity contribution in [3.05, 3.63) is 53.8 Å². The Labute approximate surface area is 138 Å². The van der Waals surface area contributed by atoms with Gasteiger partial charge in [-0.3, -0.25) is 4.79 Å². The minimum atomic E-state index is -0.530. The molecular formula is C16H18BrN3O2. The van der Waals surface area contributed by atoms with Crippen molar-refractivity contribution in [1.82, 2.24) is 9.78 Å². The number of amides is 1. The summed E-state index contributed by atoms with van der Waals surface area (Å²) < 4.78 is 8.02. The van der Waals surface area contributed by atoms with E-state index in [9.17, 15) is 4.79 Å². The predicted molar refractivity (Wildman–Crippen MR) is 90.1 cm³/mol. The molecule has 1 atom stereocenters. The lowest BCUT2D eigenvalue weighted by molar-refractivity contribution is -0.126. The highest BCUT2D eigenvalue weighted by Crippen LogP contribution is 2.21. The van der Waals surface area contributed by atoms with E-state index in [1.54, 1.807) is 23.9 Å². The number of hydrogen-bond acceptors (Lipinski definition) is 3. The highest BCUT2D eigenvalue weighted by Gasteiger charge is 2.15. The fraction of sp³-hybridized carbons (Fsp3) is 0.250. The monoisotopic (exact) mass is 363 g/mol. The van der Waals surface area contributed by atoms with E-state index in [1.807, 2.05) is 30.5 Å². The summed E-state index contributed by atoms with van der Waals surface area (Å²) in [6.07, 6.45) is 5.47. The average molecular weight is 364 g/mol. The number of carbonyl (C=O) groups excluding carboxylic acids is 1. The Morgan fingerprint density at radius 1 is 1.55 bits per heavy atom. The van der Waals surface area contributed by atoms with Crippen molar-refractivity contribution in [1.29, 1.82) is 0 Å². The minimum Gasteiger partial charge on any atom is -0.368 e. The number of benzene rings is 1. The quantitative estimate of drug-likeness (QED) is 0.604. The first-order valence-corrected chi connectivity index (χ1v) is 7.74. The Kier molecular flexibility index (Phi) is 5.91. The zero-order chi connectivity index (χ0) is 15.9. The summed E-state index contributed by atoms with van der Waals surface area (Å²) in [5, 5.41) is 7.11. The summed E-state index contributed by atoms with van der Waals surface area (Å²) in [5.74, 6) is -0.192. The van der Waals surface area contributed by atoms with Crippen LogP contribution in [0, 0.1) is 0 Å².